The van der Waals surface area contributed by atoms with E-state index in [1.54, 1.807) is 9.58 Å². The van der Waals surface area contributed by atoms with Crippen LogP contribution in [0.3, 0.4) is 0 Å². The van der Waals surface area contributed by atoms with Crippen molar-refractivity contribution in [3.8, 4) is 11.4 Å². The molecule has 9 heteroatoms. The van der Waals surface area contributed by atoms with Crippen LogP contribution in [0.1, 0.15) is 39.2 Å². The molecule has 0 aliphatic carbocycles. The SMILES string of the molecule is Cc1cc(-c2nc3ccc(N(C)C4CCN(C(=O)OC(C)(C)C)CC4)cc3c(=O)[nH]2)cc2cn(C)nc12. The second-order valence-corrected chi connectivity index (χ2v) is 11.0. The normalized spacial score (nSPS) is 14.9. The van der Waals surface area contributed by atoms with E-state index in [-0.39, 0.29) is 17.7 Å². The summed E-state index contributed by atoms with van der Waals surface area (Å²) in [7, 11) is 3.94. The summed E-state index contributed by atoms with van der Waals surface area (Å²) in [5.74, 6) is 0.543. The summed E-state index contributed by atoms with van der Waals surface area (Å²) in [5.41, 5.74) is 3.77. The second kappa shape index (κ2) is 9.21. The lowest BCUT2D eigenvalue weighted by Gasteiger charge is -2.38. The van der Waals surface area contributed by atoms with Crippen LogP contribution in [0.2, 0.25) is 0 Å². The molecule has 1 saturated heterocycles. The molecule has 5 rings (SSSR count). The van der Waals surface area contributed by atoms with E-state index in [4.69, 9.17) is 9.72 Å². The van der Waals surface area contributed by atoms with Crippen LogP contribution in [0.15, 0.2) is 41.3 Å². The number of aromatic amines is 1. The molecular formula is C28H34N6O3. The molecule has 1 fully saturated rings. The second-order valence-electron chi connectivity index (χ2n) is 11.0. The Bertz CT molecular complexity index is 1540. The standard InChI is InChI=1S/C28H34N6O3/c1-17-13-18(14-19-16-32(5)31-24(17)19)25-29-23-8-7-21(15-22(23)26(35)30-25)33(6)20-9-11-34(12-10-20)27(36)37-28(2,3)4/h7-8,13-16,20H,9-12H2,1-6H3,(H,29,30,35). The fourth-order valence-electron chi connectivity index (χ4n) is 5.02. The lowest BCUT2D eigenvalue weighted by Crippen LogP contribution is -2.47. The van der Waals surface area contributed by atoms with Crippen LogP contribution in [0.5, 0.6) is 0 Å². The van der Waals surface area contributed by atoms with E-state index in [2.05, 4.69) is 15.0 Å². The van der Waals surface area contributed by atoms with Gasteiger partial charge in [0.15, 0.2) is 0 Å². The Morgan fingerprint density at radius 3 is 2.59 bits per heavy atom. The zero-order valence-electron chi connectivity index (χ0n) is 22.3. The molecule has 2 aromatic carbocycles. The summed E-state index contributed by atoms with van der Waals surface area (Å²) < 4.78 is 7.30. The van der Waals surface area contributed by atoms with Crippen LogP contribution in [-0.2, 0) is 11.8 Å². The fourth-order valence-corrected chi connectivity index (χ4v) is 5.02. The number of aromatic nitrogens is 4. The van der Waals surface area contributed by atoms with Crippen molar-refractivity contribution in [1.82, 2.24) is 24.6 Å². The van der Waals surface area contributed by atoms with Crippen molar-refractivity contribution in [1.29, 1.82) is 0 Å². The number of ether oxygens (including phenoxy) is 1. The highest BCUT2D eigenvalue weighted by atomic mass is 16.6. The molecule has 0 saturated carbocycles. The lowest BCUT2D eigenvalue weighted by atomic mass is 10.0. The van der Waals surface area contributed by atoms with Crippen molar-refractivity contribution >= 4 is 33.6 Å². The summed E-state index contributed by atoms with van der Waals surface area (Å²) >= 11 is 0. The fraction of sp³-hybridized carbons (Fsp3) is 0.429. The smallest absolute Gasteiger partial charge is 0.410 e. The van der Waals surface area contributed by atoms with Crippen LogP contribution >= 0.6 is 0 Å². The van der Waals surface area contributed by atoms with Crippen molar-refractivity contribution in [2.75, 3.05) is 25.0 Å². The van der Waals surface area contributed by atoms with Gasteiger partial charge in [-0.1, -0.05) is 0 Å². The van der Waals surface area contributed by atoms with Crippen LogP contribution in [0.4, 0.5) is 10.5 Å². The van der Waals surface area contributed by atoms with E-state index in [1.807, 2.05) is 78.3 Å². The number of hydrogen-bond acceptors (Lipinski definition) is 6. The molecule has 0 radical (unpaired) electrons. The third-order valence-corrected chi connectivity index (χ3v) is 6.95. The summed E-state index contributed by atoms with van der Waals surface area (Å²) in [5, 5.41) is 6.06. The molecule has 4 aromatic rings. The van der Waals surface area contributed by atoms with Crippen molar-refractivity contribution in [2.45, 2.75) is 52.2 Å². The van der Waals surface area contributed by atoms with Gasteiger partial charge in [-0.3, -0.25) is 9.48 Å². The van der Waals surface area contributed by atoms with Gasteiger partial charge in [0, 0.05) is 56.1 Å². The number of likely N-dealkylation sites (tertiary alicyclic amines) is 1. The van der Waals surface area contributed by atoms with Gasteiger partial charge >= 0.3 is 6.09 Å². The molecule has 9 nitrogen and oxygen atoms in total. The zero-order valence-corrected chi connectivity index (χ0v) is 22.3. The number of anilines is 1. The van der Waals surface area contributed by atoms with Gasteiger partial charge in [0.1, 0.15) is 11.4 Å². The summed E-state index contributed by atoms with van der Waals surface area (Å²) in [6, 6.07) is 10.1. The molecule has 1 amide bonds. The number of carbonyl (C=O) groups excluding carboxylic acids is 1. The lowest BCUT2D eigenvalue weighted by molar-refractivity contribution is 0.0205. The highest BCUT2D eigenvalue weighted by molar-refractivity contribution is 5.88. The van der Waals surface area contributed by atoms with Gasteiger partial charge in [-0.25, -0.2) is 9.78 Å². The Morgan fingerprint density at radius 1 is 1.16 bits per heavy atom. The number of benzene rings is 2. The predicted octanol–water partition coefficient (Wildman–Crippen LogP) is 4.62. The van der Waals surface area contributed by atoms with Crippen LogP contribution < -0.4 is 10.5 Å². The number of nitrogens with zero attached hydrogens (tertiary/aromatic N) is 5. The monoisotopic (exact) mass is 502 g/mol. The number of carbonyl (C=O) groups is 1. The molecule has 0 atom stereocenters. The number of amides is 1. The quantitative estimate of drug-likeness (QED) is 0.439. The first-order valence-corrected chi connectivity index (χ1v) is 12.7. The topological polar surface area (TPSA) is 96.4 Å². The van der Waals surface area contributed by atoms with Gasteiger partial charge in [0.25, 0.3) is 5.56 Å². The number of rotatable bonds is 3. The first kappa shape index (κ1) is 24.8. The van der Waals surface area contributed by atoms with E-state index in [0.29, 0.717) is 29.8 Å². The Balaban J connectivity index is 1.36. The average Bonchev–Trinajstić information content (AvgIpc) is 3.23. The van der Waals surface area contributed by atoms with E-state index in [1.165, 1.54) is 0 Å². The number of piperidine rings is 1. The highest BCUT2D eigenvalue weighted by Crippen LogP contribution is 2.28. The minimum Gasteiger partial charge on any atom is -0.444 e. The molecule has 2 aromatic heterocycles. The van der Waals surface area contributed by atoms with Gasteiger partial charge in [0.2, 0.25) is 0 Å². The number of fused-ring (bicyclic) bond motifs is 2. The Labute approximate surface area is 216 Å². The molecule has 1 aliphatic heterocycles. The van der Waals surface area contributed by atoms with Gasteiger partial charge in [-0.15, -0.1) is 0 Å². The molecule has 0 spiro atoms. The third-order valence-electron chi connectivity index (χ3n) is 6.95. The molecule has 37 heavy (non-hydrogen) atoms. The van der Waals surface area contributed by atoms with Gasteiger partial charge in [-0.2, -0.15) is 5.10 Å². The maximum atomic E-state index is 13.1. The minimum atomic E-state index is -0.499. The number of H-pyrrole nitrogens is 1. The van der Waals surface area contributed by atoms with E-state index < -0.39 is 5.60 Å². The van der Waals surface area contributed by atoms with Crippen molar-refractivity contribution in [2.24, 2.45) is 7.05 Å². The van der Waals surface area contributed by atoms with Gasteiger partial charge in [-0.05, 0) is 76.4 Å². The van der Waals surface area contributed by atoms with Crippen LogP contribution in [-0.4, -0.2) is 62.5 Å². The largest absolute Gasteiger partial charge is 0.444 e. The minimum absolute atomic E-state index is 0.168. The van der Waals surface area contributed by atoms with Crippen molar-refractivity contribution in [3.05, 3.63) is 52.4 Å². The molecule has 0 bridgehead atoms. The highest BCUT2D eigenvalue weighted by Gasteiger charge is 2.28. The summed E-state index contributed by atoms with van der Waals surface area (Å²) in [6.07, 6.45) is 3.37. The zero-order chi connectivity index (χ0) is 26.5. The number of nitrogens with one attached hydrogen (secondary N) is 1. The number of hydrogen-bond donors (Lipinski definition) is 1. The molecule has 194 valence electrons. The first-order chi connectivity index (χ1) is 17.5. The molecule has 1 aliphatic rings. The Kier molecular flexibility index (Phi) is 6.17. The van der Waals surface area contributed by atoms with Crippen LogP contribution in [0.25, 0.3) is 33.2 Å². The molecule has 0 unspecified atom stereocenters. The van der Waals surface area contributed by atoms with E-state index in [9.17, 15) is 9.59 Å². The first-order valence-electron chi connectivity index (χ1n) is 12.7. The average molecular weight is 503 g/mol. The Hall–Kier alpha value is -3.88. The summed E-state index contributed by atoms with van der Waals surface area (Å²) in [6.45, 7) is 8.94. The van der Waals surface area contributed by atoms with Crippen molar-refractivity contribution < 1.29 is 9.53 Å². The molecular weight excluding hydrogens is 468 g/mol. The predicted molar refractivity (Wildman–Crippen MR) is 146 cm³/mol. The molecule has 1 N–H and O–H groups in total. The third kappa shape index (κ3) is 5.03. The van der Waals surface area contributed by atoms with E-state index in [0.717, 1.165) is 40.6 Å². The number of aryl methyl sites for hydroxylation is 2. The summed E-state index contributed by atoms with van der Waals surface area (Å²) in [4.78, 5) is 37.2. The Morgan fingerprint density at radius 2 is 1.89 bits per heavy atom. The van der Waals surface area contributed by atoms with Gasteiger partial charge < -0.3 is 19.5 Å². The molecule has 3 heterocycles. The van der Waals surface area contributed by atoms with Gasteiger partial charge in [0.05, 0.1) is 16.4 Å². The van der Waals surface area contributed by atoms with Crippen molar-refractivity contribution in [3.63, 3.8) is 0 Å². The maximum Gasteiger partial charge on any atom is 0.410 e. The maximum absolute atomic E-state index is 13.1. The van der Waals surface area contributed by atoms with E-state index >= 15 is 0 Å². The van der Waals surface area contributed by atoms with Crippen LogP contribution in [0, 0.1) is 6.92 Å².